The number of fused-ring (bicyclic) bond motifs is 1. The summed E-state index contributed by atoms with van der Waals surface area (Å²) in [5.41, 5.74) is 4.78. The molecule has 0 fully saturated rings. The molecular formula is C19H16Cl2O. The molecule has 3 aromatic carbocycles. The smallest absolute Gasteiger partial charge is 0.126 e. The van der Waals surface area contributed by atoms with Gasteiger partial charge < -0.3 is 5.11 Å². The molecule has 0 saturated carbocycles. The van der Waals surface area contributed by atoms with Crippen LogP contribution in [-0.2, 0) is 0 Å². The predicted octanol–water partition coefficient (Wildman–Crippen LogP) is 6.44. The van der Waals surface area contributed by atoms with Crippen LogP contribution < -0.4 is 0 Å². The van der Waals surface area contributed by atoms with Crippen molar-refractivity contribution in [3.8, 4) is 16.9 Å². The molecule has 0 spiro atoms. The molecule has 0 aromatic heterocycles. The average Bonchev–Trinajstić information content (AvgIpc) is 2.49. The van der Waals surface area contributed by atoms with Gasteiger partial charge in [0.15, 0.2) is 0 Å². The van der Waals surface area contributed by atoms with Crippen LogP contribution in [-0.4, -0.2) is 5.11 Å². The highest BCUT2D eigenvalue weighted by atomic mass is 35.5. The Labute approximate surface area is 140 Å². The van der Waals surface area contributed by atoms with Gasteiger partial charge in [0, 0.05) is 16.0 Å². The van der Waals surface area contributed by atoms with Gasteiger partial charge in [0.2, 0.25) is 0 Å². The van der Waals surface area contributed by atoms with Crippen LogP contribution in [0, 0.1) is 20.8 Å². The van der Waals surface area contributed by atoms with Crippen LogP contribution in [0.5, 0.6) is 5.75 Å². The minimum Gasteiger partial charge on any atom is -0.507 e. The highest BCUT2D eigenvalue weighted by molar-refractivity contribution is 6.38. The highest BCUT2D eigenvalue weighted by Gasteiger charge is 2.15. The molecule has 0 saturated heterocycles. The van der Waals surface area contributed by atoms with E-state index in [0.29, 0.717) is 15.8 Å². The van der Waals surface area contributed by atoms with Crippen LogP contribution in [0.15, 0.2) is 36.4 Å². The normalized spacial score (nSPS) is 11.1. The fourth-order valence-electron chi connectivity index (χ4n) is 2.75. The Kier molecular flexibility index (Phi) is 3.80. The van der Waals surface area contributed by atoms with E-state index in [0.717, 1.165) is 38.6 Å². The number of benzene rings is 3. The van der Waals surface area contributed by atoms with Crippen molar-refractivity contribution in [3.05, 3.63) is 63.1 Å². The summed E-state index contributed by atoms with van der Waals surface area (Å²) in [6.45, 7) is 5.85. The average molecular weight is 331 g/mol. The summed E-state index contributed by atoms with van der Waals surface area (Å²) in [5, 5.41) is 13.5. The highest BCUT2D eigenvalue weighted by Crippen LogP contribution is 2.41. The van der Waals surface area contributed by atoms with E-state index in [-0.39, 0.29) is 0 Å². The lowest BCUT2D eigenvalue weighted by atomic mass is 9.93. The minimum absolute atomic E-state index is 0.320. The quantitative estimate of drug-likeness (QED) is 0.544. The summed E-state index contributed by atoms with van der Waals surface area (Å²) in [6, 6.07) is 11.8. The first-order chi connectivity index (χ1) is 10.4. The monoisotopic (exact) mass is 330 g/mol. The molecule has 3 rings (SSSR count). The summed E-state index contributed by atoms with van der Waals surface area (Å²) in [5.74, 6) is 0.320. The van der Waals surface area contributed by atoms with E-state index in [2.05, 4.69) is 6.07 Å². The lowest BCUT2D eigenvalue weighted by molar-refractivity contribution is 0.477. The van der Waals surface area contributed by atoms with Crippen molar-refractivity contribution in [2.45, 2.75) is 20.8 Å². The van der Waals surface area contributed by atoms with Gasteiger partial charge in [0.05, 0.1) is 5.02 Å². The van der Waals surface area contributed by atoms with Gasteiger partial charge in [-0.3, -0.25) is 0 Å². The van der Waals surface area contributed by atoms with Gasteiger partial charge in [-0.1, -0.05) is 53.0 Å². The Morgan fingerprint density at radius 1 is 0.818 bits per heavy atom. The molecule has 0 bridgehead atoms. The number of aromatic hydroxyl groups is 1. The predicted molar refractivity (Wildman–Crippen MR) is 95.3 cm³/mol. The number of hydrogen-bond donors (Lipinski definition) is 1. The summed E-state index contributed by atoms with van der Waals surface area (Å²) in [4.78, 5) is 0. The first-order valence-corrected chi connectivity index (χ1v) is 7.83. The first kappa shape index (κ1) is 15.2. The Hall–Kier alpha value is -1.70. The number of hydrogen-bond acceptors (Lipinski definition) is 1. The van der Waals surface area contributed by atoms with Gasteiger partial charge >= 0.3 is 0 Å². The van der Waals surface area contributed by atoms with Crippen molar-refractivity contribution in [3.63, 3.8) is 0 Å². The fourth-order valence-corrected chi connectivity index (χ4v) is 3.23. The zero-order valence-corrected chi connectivity index (χ0v) is 14.2. The fraction of sp³-hybridized carbons (Fsp3) is 0.158. The Morgan fingerprint density at radius 3 is 2.27 bits per heavy atom. The van der Waals surface area contributed by atoms with E-state index in [1.807, 2.05) is 51.1 Å². The molecule has 112 valence electrons. The third kappa shape index (κ3) is 2.35. The van der Waals surface area contributed by atoms with Crippen LogP contribution in [0.2, 0.25) is 10.0 Å². The maximum absolute atomic E-state index is 10.3. The molecule has 0 aliphatic rings. The molecule has 0 aliphatic heterocycles. The largest absolute Gasteiger partial charge is 0.507 e. The van der Waals surface area contributed by atoms with Crippen LogP contribution in [0.4, 0.5) is 0 Å². The number of aryl methyl sites for hydroxylation is 2. The van der Waals surface area contributed by atoms with Crippen molar-refractivity contribution in [2.75, 3.05) is 0 Å². The van der Waals surface area contributed by atoms with Gasteiger partial charge in [-0.25, -0.2) is 0 Å². The first-order valence-electron chi connectivity index (χ1n) is 7.08. The third-order valence-electron chi connectivity index (χ3n) is 4.07. The van der Waals surface area contributed by atoms with E-state index in [9.17, 15) is 5.11 Å². The molecule has 22 heavy (non-hydrogen) atoms. The molecule has 0 heterocycles. The van der Waals surface area contributed by atoms with E-state index in [1.165, 1.54) is 0 Å². The van der Waals surface area contributed by atoms with Crippen LogP contribution >= 0.6 is 23.2 Å². The number of rotatable bonds is 1. The van der Waals surface area contributed by atoms with E-state index in [4.69, 9.17) is 23.2 Å². The number of phenolic OH excluding ortho intramolecular Hbond substituents is 1. The zero-order chi connectivity index (χ0) is 16.0. The van der Waals surface area contributed by atoms with Crippen molar-refractivity contribution < 1.29 is 5.11 Å². The molecule has 0 amide bonds. The van der Waals surface area contributed by atoms with Gasteiger partial charge in [-0.15, -0.1) is 0 Å². The lowest BCUT2D eigenvalue weighted by Gasteiger charge is -2.15. The van der Waals surface area contributed by atoms with Gasteiger partial charge in [-0.05, 0) is 55.0 Å². The van der Waals surface area contributed by atoms with E-state index in [1.54, 1.807) is 0 Å². The third-order valence-corrected chi connectivity index (χ3v) is 4.96. The van der Waals surface area contributed by atoms with Gasteiger partial charge in [0.25, 0.3) is 0 Å². The minimum atomic E-state index is 0.320. The van der Waals surface area contributed by atoms with Crippen molar-refractivity contribution >= 4 is 34.0 Å². The van der Waals surface area contributed by atoms with Crippen LogP contribution in [0.1, 0.15) is 16.7 Å². The van der Waals surface area contributed by atoms with Crippen LogP contribution in [0.25, 0.3) is 21.9 Å². The molecule has 0 atom stereocenters. The number of phenols is 1. The summed E-state index contributed by atoms with van der Waals surface area (Å²) < 4.78 is 0. The maximum atomic E-state index is 10.3. The molecular weight excluding hydrogens is 315 g/mol. The van der Waals surface area contributed by atoms with Crippen molar-refractivity contribution in [2.24, 2.45) is 0 Å². The zero-order valence-electron chi connectivity index (χ0n) is 12.7. The molecule has 1 N–H and O–H groups in total. The lowest BCUT2D eigenvalue weighted by Crippen LogP contribution is -1.89. The summed E-state index contributed by atoms with van der Waals surface area (Å²) >= 11 is 12.7. The number of halogens is 2. The second-order valence-corrected chi connectivity index (χ2v) is 6.46. The summed E-state index contributed by atoms with van der Waals surface area (Å²) in [6.07, 6.45) is 0. The molecule has 0 unspecified atom stereocenters. The van der Waals surface area contributed by atoms with E-state index >= 15 is 0 Å². The standard InChI is InChI=1S/C19H16Cl2O/c1-10-4-5-14-15(8-10)16(9-11(2)19(14)22)13-6-7-17(20)12(3)18(13)21/h4-9,22H,1-3H3. The second kappa shape index (κ2) is 5.49. The van der Waals surface area contributed by atoms with Crippen molar-refractivity contribution in [1.82, 2.24) is 0 Å². The maximum Gasteiger partial charge on any atom is 0.126 e. The summed E-state index contributed by atoms with van der Waals surface area (Å²) in [7, 11) is 0. The van der Waals surface area contributed by atoms with Gasteiger partial charge in [-0.2, -0.15) is 0 Å². The van der Waals surface area contributed by atoms with Crippen molar-refractivity contribution in [1.29, 1.82) is 0 Å². The molecule has 3 aromatic rings. The molecule has 0 radical (unpaired) electrons. The molecule has 0 aliphatic carbocycles. The second-order valence-electron chi connectivity index (χ2n) is 5.67. The van der Waals surface area contributed by atoms with E-state index < -0.39 is 0 Å². The van der Waals surface area contributed by atoms with Gasteiger partial charge in [0.1, 0.15) is 5.75 Å². The Balaban J connectivity index is 2.43. The molecule has 3 heteroatoms. The topological polar surface area (TPSA) is 20.2 Å². The Bertz CT molecular complexity index is 898. The SMILES string of the molecule is Cc1ccc2c(O)c(C)cc(-c3ccc(Cl)c(C)c3Cl)c2c1. The molecule has 1 nitrogen and oxygen atoms in total. The van der Waals surface area contributed by atoms with Crippen LogP contribution in [0.3, 0.4) is 0 Å². The Morgan fingerprint density at radius 2 is 1.55 bits per heavy atom.